The molecular weight excluding hydrogens is 255 g/mol. The summed E-state index contributed by atoms with van der Waals surface area (Å²) < 4.78 is 28.9. The van der Waals surface area contributed by atoms with Gasteiger partial charge in [-0.15, -0.1) is 0 Å². The lowest BCUT2D eigenvalue weighted by Crippen LogP contribution is -2.52. The number of rotatable bonds is 2. The van der Waals surface area contributed by atoms with Gasteiger partial charge >= 0.3 is 6.03 Å². The highest BCUT2D eigenvalue weighted by Crippen LogP contribution is 2.37. The molecule has 1 saturated heterocycles. The average molecular weight is 264 g/mol. The number of urea groups is 1. The Bertz CT molecular complexity index is 368. The van der Waals surface area contributed by atoms with E-state index in [-0.39, 0.29) is 6.54 Å². The van der Waals surface area contributed by atoms with Crippen LogP contribution in [0.2, 0.25) is 0 Å². The first kappa shape index (κ1) is 12.0. The summed E-state index contributed by atoms with van der Waals surface area (Å²) in [5.74, 6) is -0.689. The third-order valence-corrected chi connectivity index (χ3v) is 4.16. The second-order valence-electron chi connectivity index (χ2n) is 3.40. The molecule has 82 valence electrons. The number of carbonyl (C=O) groups excluding carboxylic acids is 1. The van der Waals surface area contributed by atoms with Crippen molar-refractivity contribution >= 4 is 39.7 Å². The zero-order valence-corrected chi connectivity index (χ0v) is 9.53. The summed E-state index contributed by atoms with van der Waals surface area (Å²) in [5.41, 5.74) is -1.28. The van der Waals surface area contributed by atoms with Crippen LogP contribution in [0.25, 0.3) is 0 Å². The van der Waals surface area contributed by atoms with Crippen molar-refractivity contribution in [2.75, 3.05) is 12.3 Å². The maximum absolute atomic E-state index is 11.1. The van der Waals surface area contributed by atoms with Crippen LogP contribution < -0.4 is 5.32 Å². The molecule has 14 heavy (non-hydrogen) atoms. The van der Waals surface area contributed by atoms with Gasteiger partial charge in [0.1, 0.15) is 5.75 Å². The normalized spacial score (nSPS) is 31.6. The van der Waals surface area contributed by atoms with E-state index in [0.717, 1.165) is 0 Å². The molecule has 2 N–H and O–H groups in total. The van der Waals surface area contributed by atoms with Crippen molar-refractivity contribution < 1.29 is 21.3 Å². The summed E-state index contributed by atoms with van der Waals surface area (Å²) in [5, 5.41) is 2.32. The first-order chi connectivity index (χ1) is 6.08. The maximum atomic E-state index is 11.1. The fourth-order valence-corrected chi connectivity index (χ4v) is 2.82. The molecule has 0 aliphatic carbocycles. The molecule has 0 aromatic carbocycles. The van der Waals surface area contributed by atoms with Gasteiger partial charge < -0.3 is 0 Å². The molecule has 1 unspecified atom stereocenters. The van der Waals surface area contributed by atoms with Gasteiger partial charge in [-0.05, 0) is 10.4 Å². The van der Waals surface area contributed by atoms with Crippen molar-refractivity contribution in [2.45, 2.75) is 12.5 Å². The standard InChI is InChI=1S/C5H8Cl2N2O4S/c1-5(3-14(11,12)13)2-8-4(10)9(5,6)7/h2-3H2,1H3,(H-,8,10,11,12,13)/p+1. The minimum absolute atomic E-state index is 0.0153. The zero-order chi connectivity index (χ0) is 11.2. The summed E-state index contributed by atoms with van der Waals surface area (Å²) >= 11 is 11.3. The molecule has 0 aromatic heterocycles. The first-order valence-corrected chi connectivity index (χ1v) is 5.89. The van der Waals surface area contributed by atoms with Crippen LogP contribution in [0.4, 0.5) is 4.79 Å². The highest BCUT2D eigenvalue weighted by atomic mass is 35.5. The molecular formula is C5H9Cl2N2O4S+. The molecule has 6 nitrogen and oxygen atoms in total. The third kappa shape index (κ3) is 1.96. The fourth-order valence-electron chi connectivity index (χ4n) is 1.23. The van der Waals surface area contributed by atoms with Crippen molar-refractivity contribution in [3.8, 4) is 0 Å². The van der Waals surface area contributed by atoms with Gasteiger partial charge in [0.05, 0.1) is 6.54 Å². The molecule has 0 radical (unpaired) electrons. The van der Waals surface area contributed by atoms with Crippen LogP contribution in [0.15, 0.2) is 0 Å². The van der Waals surface area contributed by atoms with E-state index in [1.54, 1.807) is 0 Å². The quantitative estimate of drug-likeness (QED) is 0.561. The van der Waals surface area contributed by atoms with Gasteiger partial charge in [0.15, 0.2) is 29.1 Å². The van der Waals surface area contributed by atoms with E-state index < -0.39 is 31.0 Å². The van der Waals surface area contributed by atoms with Crippen LogP contribution in [0.1, 0.15) is 6.92 Å². The van der Waals surface area contributed by atoms with Gasteiger partial charge in [-0.2, -0.15) is 8.42 Å². The van der Waals surface area contributed by atoms with Gasteiger partial charge in [-0.3, -0.25) is 9.87 Å². The molecule has 9 heteroatoms. The second-order valence-corrected chi connectivity index (χ2v) is 6.04. The minimum atomic E-state index is -4.24. The smallest absolute Gasteiger partial charge is 0.296 e. The van der Waals surface area contributed by atoms with Gasteiger partial charge in [0.25, 0.3) is 10.1 Å². The Hall–Kier alpha value is -0.0800. The van der Waals surface area contributed by atoms with Crippen molar-refractivity contribution in [3.63, 3.8) is 0 Å². The maximum Gasteiger partial charge on any atom is 0.453 e. The lowest BCUT2D eigenvalue weighted by molar-refractivity contribution is -0.648. The Morgan fingerprint density at radius 1 is 1.64 bits per heavy atom. The van der Waals surface area contributed by atoms with Crippen LogP contribution in [-0.2, 0) is 10.1 Å². The molecule has 0 aromatic rings. The topological polar surface area (TPSA) is 83.5 Å². The molecule has 2 amide bonds. The minimum Gasteiger partial charge on any atom is -0.296 e. The predicted molar refractivity (Wildman–Crippen MR) is 50.2 cm³/mol. The van der Waals surface area contributed by atoms with Crippen LogP contribution in [0.3, 0.4) is 0 Å². The summed E-state index contributed by atoms with van der Waals surface area (Å²) in [4.78, 5) is 11.1. The monoisotopic (exact) mass is 263 g/mol. The number of hydrogen-bond donors (Lipinski definition) is 2. The Morgan fingerprint density at radius 3 is 2.43 bits per heavy atom. The predicted octanol–water partition coefficient (Wildman–Crippen LogP) is 0.480. The Balaban J connectivity index is 3.02. The number of halogens is 2. The molecule has 1 atom stereocenters. The van der Waals surface area contributed by atoms with Crippen molar-refractivity contribution in [1.82, 2.24) is 5.32 Å². The van der Waals surface area contributed by atoms with E-state index in [2.05, 4.69) is 5.32 Å². The highest BCUT2D eigenvalue weighted by molar-refractivity contribution is 7.85. The SMILES string of the molecule is CC1(CS(=O)(=O)O)CNC(=O)[N+]1(Cl)Cl. The second kappa shape index (κ2) is 3.21. The summed E-state index contributed by atoms with van der Waals surface area (Å²) in [6.07, 6.45) is 0. The Labute approximate surface area is 91.3 Å². The molecule has 1 heterocycles. The number of carbonyl (C=O) groups is 1. The van der Waals surface area contributed by atoms with E-state index in [1.165, 1.54) is 6.92 Å². The van der Waals surface area contributed by atoms with Crippen LogP contribution in [-0.4, -0.2) is 40.4 Å². The van der Waals surface area contributed by atoms with Crippen LogP contribution in [0, 0.1) is 0 Å². The summed E-state index contributed by atoms with van der Waals surface area (Å²) in [6.45, 7) is 1.37. The van der Waals surface area contributed by atoms with E-state index in [4.69, 9.17) is 28.1 Å². The van der Waals surface area contributed by atoms with Gasteiger partial charge in [-0.1, -0.05) is 0 Å². The number of quaternary nitrogens is 1. The van der Waals surface area contributed by atoms with E-state index in [0.29, 0.717) is 0 Å². The first-order valence-electron chi connectivity index (χ1n) is 3.60. The number of nitrogens with one attached hydrogen (secondary N) is 1. The molecule has 0 saturated carbocycles. The summed E-state index contributed by atoms with van der Waals surface area (Å²) in [6, 6.07) is -0.709. The van der Waals surface area contributed by atoms with Gasteiger partial charge in [0.2, 0.25) is 0 Å². The van der Waals surface area contributed by atoms with Crippen molar-refractivity contribution in [1.29, 1.82) is 0 Å². The van der Waals surface area contributed by atoms with Gasteiger partial charge in [-0.25, -0.2) is 4.79 Å². The molecule has 1 aliphatic heterocycles. The lowest BCUT2D eigenvalue weighted by Gasteiger charge is -2.26. The summed E-state index contributed by atoms with van der Waals surface area (Å²) in [7, 11) is -4.24. The highest BCUT2D eigenvalue weighted by Gasteiger charge is 2.61. The number of hydrogen-bond acceptors (Lipinski definition) is 3. The van der Waals surface area contributed by atoms with E-state index in [9.17, 15) is 13.2 Å². The lowest BCUT2D eigenvalue weighted by atomic mass is 10.1. The van der Waals surface area contributed by atoms with Gasteiger partial charge in [0, 0.05) is 0 Å². The Morgan fingerprint density at radius 2 is 2.14 bits per heavy atom. The Kier molecular flexibility index (Phi) is 2.75. The average Bonchev–Trinajstić information content (AvgIpc) is 2.11. The number of amides is 2. The van der Waals surface area contributed by atoms with Crippen molar-refractivity contribution in [2.24, 2.45) is 0 Å². The fraction of sp³-hybridized carbons (Fsp3) is 0.800. The molecule has 1 fully saturated rings. The van der Waals surface area contributed by atoms with E-state index >= 15 is 0 Å². The third-order valence-electron chi connectivity index (χ3n) is 2.05. The molecule has 1 rings (SSSR count). The van der Waals surface area contributed by atoms with E-state index in [1.807, 2.05) is 0 Å². The molecule has 1 aliphatic rings. The molecule has 0 spiro atoms. The van der Waals surface area contributed by atoms with Crippen molar-refractivity contribution in [3.05, 3.63) is 0 Å². The largest absolute Gasteiger partial charge is 0.453 e. The zero-order valence-electron chi connectivity index (χ0n) is 7.20. The molecule has 0 bridgehead atoms. The number of nitrogens with zero attached hydrogens (tertiary/aromatic N) is 1. The van der Waals surface area contributed by atoms with Crippen LogP contribution in [0.5, 0.6) is 0 Å². The van der Waals surface area contributed by atoms with Crippen LogP contribution >= 0.6 is 23.6 Å².